The van der Waals surface area contributed by atoms with Gasteiger partial charge < -0.3 is 14.6 Å². The predicted octanol–water partition coefficient (Wildman–Crippen LogP) is 4.43. The molecule has 0 aliphatic heterocycles. The predicted molar refractivity (Wildman–Crippen MR) is 97.8 cm³/mol. The first-order valence-electron chi connectivity index (χ1n) is 7.23. The van der Waals surface area contributed by atoms with Gasteiger partial charge in [0.05, 0.1) is 11.6 Å². The van der Waals surface area contributed by atoms with Gasteiger partial charge in [0.15, 0.2) is 11.5 Å². The Bertz CT molecular complexity index is 751. The van der Waals surface area contributed by atoms with Gasteiger partial charge in [0.25, 0.3) is 0 Å². The van der Waals surface area contributed by atoms with E-state index in [0.717, 1.165) is 5.56 Å². The molecule has 0 aliphatic carbocycles. The molecule has 4 nitrogen and oxygen atoms in total. The van der Waals surface area contributed by atoms with Crippen molar-refractivity contribution < 1.29 is 19.4 Å². The fraction of sp³-hybridized carbons (Fsp3) is 0.105. The van der Waals surface area contributed by atoms with Crippen molar-refractivity contribution in [1.82, 2.24) is 0 Å². The molecule has 0 aromatic heterocycles. The van der Waals surface area contributed by atoms with Crippen molar-refractivity contribution in [3.63, 3.8) is 0 Å². The van der Waals surface area contributed by atoms with Crippen LogP contribution in [0, 0.1) is 0 Å². The summed E-state index contributed by atoms with van der Waals surface area (Å²) in [6.45, 7) is 0.195. The molecule has 1 N–H and O–H groups in total. The van der Waals surface area contributed by atoms with Crippen LogP contribution in [0.15, 0.2) is 59.1 Å². The van der Waals surface area contributed by atoms with Crippen LogP contribution in [-0.4, -0.2) is 24.8 Å². The number of phenols is 1. The molecule has 0 bridgehead atoms. The zero-order valence-electron chi connectivity index (χ0n) is 13.1. The summed E-state index contributed by atoms with van der Waals surface area (Å²) in [4.78, 5) is 11.7. The Labute approximate surface area is 149 Å². The summed E-state index contributed by atoms with van der Waals surface area (Å²) in [5.41, 5.74) is 1.75. The Morgan fingerprint density at radius 3 is 2.62 bits per heavy atom. The number of halogens is 1. The molecular formula is C19H17BrO4. The Kier molecular flexibility index (Phi) is 6.63. The van der Waals surface area contributed by atoms with E-state index in [2.05, 4.69) is 15.9 Å². The van der Waals surface area contributed by atoms with E-state index in [-0.39, 0.29) is 12.4 Å². The minimum Gasteiger partial charge on any atom is -0.503 e. The van der Waals surface area contributed by atoms with Crippen LogP contribution < -0.4 is 4.74 Å². The molecule has 5 heteroatoms. The van der Waals surface area contributed by atoms with E-state index < -0.39 is 5.97 Å². The van der Waals surface area contributed by atoms with Crippen LogP contribution in [0.4, 0.5) is 0 Å². The van der Waals surface area contributed by atoms with Crippen LogP contribution in [0.2, 0.25) is 0 Å². The highest BCUT2D eigenvalue weighted by Gasteiger charge is 2.07. The summed E-state index contributed by atoms with van der Waals surface area (Å²) in [5, 5.41) is 9.74. The van der Waals surface area contributed by atoms with Gasteiger partial charge in [0, 0.05) is 6.08 Å². The van der Waals surface area contributed by atoms with Crippen LogP contribution in [0.25, 0.3) is 12.2 Å². The van der Waals surface area contributed by atoms with Crippen molar-refractivity contribution in [2.75, 3.05) is 13.7 Å². The summed E-state index contributed by atoms with van der Waals surface area (Å²) in [5.74, 6) is -0.109. The standard InChI is InChI=1S/C19H17BrO4/c1-23-17-13-15(12-16(20)19(17)22)9-10-18(21)24-11-5-8-14-6-3-2-4-7-14/h2-10,12-13,22H,11H2,1H3/b8-5+,10-9+. The van der Waals surface area contributed by atoms with Gasteiger partial charge in [-0.3, -0.25) is 0 Å². The fourth-order valence-corrected chi connectivity index (χ4v) is 2.40. The average molecular weight is 389 g/mol. The van der Waals surface area contributed by atoms with Gasteiger partial charge in [-0.1, -0.05) is 36.4 Å². The molecule has 2 aromatic carbocycles. The Balaban J connectivity index is 1.89. The van der Waals surface area contributed by atoms with Gasteiger partial charge in [0.2, 0.25) is 0 Å². The Morgan fingerprint density at radius 1 is 1.17 bits per heavy atom. The number of hydrogen-bond donors (Lipinski definition) is 1. The van der Waals surface area contributed by atoms with E-state index in [9.17, 15) is 9.90 Å². The summed E-state index contributed by atoms with van der Waals surface area (Å²) in [6.07, 6.45) is 6.59. The lowest BCUT2D eigenvalue weighted by Crippen LogP contribution is -1.99. The van der Waals surface area contributed by atoms with Gasteiger partial charge in [0.1, 0.15) is 6.61 Å². The minimum absolute atomic E-state index is 0.0169. The number of hydrogen-bond acceptors (Lipinski definition) is 4. The topological polar surface area (TPSA) is 55.8 Å². The molecule has 24 heavy (non-hydrogen) atoms. The summed E-state index contributed by atoms with van der Waals surface area (Å²) in [7, 11) is 1.46. The fourth-order valence-electron chi connectivity index (χ4n) is 1.94. The SMILES string of the molecule is COc1cc(/C=C/C(=O)OC/C=C/c2ccccc2)cc(Br)c1O. The molecular weight excluding hydrogens is 372 g/mol. The number of benzene rings is 2. The van der Waals surface area contributed by atoms with Gasteiger partial charge in [-0.05, 0) is 51.3 Å². The van der Waals surface area contributed by atoms with Gasteiger partial charge in [-0.25, -0.2) is 4.79 Å². The van der Waals surface area contributed by atoms with E-state index in [1.807, 2.05) is 36.4 Å². The maximum atomic E-state index is 11.7. The summed E-state index contributed by atoms with van der Waals surface area (Å²) < 4.78 is 10.6. The number of rotatable bonds is 6. The van der Waals surface area contributed by atoms with E-state index in [4.69, 9.17) is 9.47 Å². The first-order chi connectivity index (χ1) is 11.6. The first kappa shape index (κ1) is 17.8. The molecule has 124 valence electrons. The molecule has 2 rings (SSSR count). The van der Waals surface area contributed by atoms with E-state index >= 15 is 0 Å². The monoisotopic (exact) mass is 388 g/mol. The molecule has 0 radical (unpaired) electrons. The zero-order valence-corrected chi connectivity index (χ0v) is 14.7. The molecule has 0 fully saturated rings. The van der Waals surface area contributed by atoms with Crippen LogP contribution in [0.5, 0.6) is 11.5 Å². The lowest BCUT2D eigenvalue weighted by atomic mass is 10.2. The molecule has 0 amide bonds. The average Bonchev–Trinajstić information content (AvgIpc) is 2.60. The quantitative estimate of drug-likeness (QED) is 0.587. The van der Waals surface area contributed by atoms with Crippen molar-refractivity contribution in [1.29, 1.82) is 0 Å². The molecule has 0 atom stereocenters. The normalized spacial score (nSPS) is 11.1. The maximum absolute atomic E-state index is 11.7. The summed E-state index contributed by atoms with van der Waals surface area (Å²) >= 11 is 3.23. The lowest BCUT2D eigenvalue weighted by molar-refractivity contribution is -0.136. The molecule has 0 unspecified atom stereocenters. The molecule has 2 aromatic rings. The third kappa shape index (κ3) is 5.28. The smallest absolute Gasteiger partial charge is 0.331 e. The van der Waals surface area contributed by atoms with Gasteiger partial charge in [-0.15, -0.1) is 0 Å². The number of methoxy groups -OCH3 is 1. The minimum atomic E-state index is -0.448. The van der Waals surface area contributed by atoms with Crippen molar-refractivity contribution in [3.05, 3.63) is 70.2 Å². The van der Waals surface area contributed by atoms with Crippen molar-refractivity contribution in [2.24, 2.45) is 0 Å². The maximum Gasteiger partial charge on any atom is 0.331 e. The van der Waals surface area contributed by atoms with Crippen molar-refractivity contribution >= 4 is 34.1 Å². The Morgan fingerprint density at radius 2 is 1.92 bits per heavy atom. The third-order valence-electron chi connectivity index (χ3n) is 3.11. The second-order valence-corrected chi connectivity index (χ2v) is 5.68. The number of aromatic hydroxyl groups is 1. The molecule has 0 aliphatic rings. The Hall–Kier alpha value is -2.53. The summed E-state index contributed by atoms with van der Waals surface area (Å²) in [6, 6.07) is 13.1. The first-order valence-corrected chi connectivity index (χ1v) is 8.02. The number of esters is 1. The highest BCUT2D eigenvalue weighted by Crippen LogP contribution is 2.35. The van der Waals surface area contributed by atoms with E-state index in [1.165, 1.54) is 13.2 Å². The number of carbonyl (C=O) groups is 1. The third-order valence-corrected chi connectivity index (χ3v) is 3.72. The van der Waals surface area contributed by atoms with Crippen molar-refractivity contribution in [3.8, 4) is 11.5 Å². The molecule has 0 heterocycles. The van der Waals surface area contributed by atoms with Crippen LogP contribution in [0.3, 0.4) is 0 Å². The van der Waals surface area contributed by atoms with E-state index in [1.54, 1.807) is 24.3 Å². The highest BCUT2D eigenvalue weighted by atomic mass is 79.9. The number of phenolic OH excluding ortho intramolecular Hbond substituents is 1. The molecule has 0 saturated carbocycles. The van der Waals surface area contributed by atoms with Gasteiger partial charge >= 0.3 is 5.97 Å². The second kappa shape index (κ2) is 8.93. The van der Waals surface area contributed by atoms with Gasteiger partial charge in [-0.2, -0.15) is 0 Å². The largest absolute Gasteiger partial charge is 0.503 e. The van der Waals surface area contributed by atoms with Crippen molar-refractivity contribution in [2.45, 2.75) is 0 Å². The van der Waals surface area contributed by atoms with Crippen LogP contribution >= 0.6 is 15.9 Å². The zero-order chi connectivity index (χ0) is 17.4. The number of carbonyl (C=O) groups excluding carboxylic acids is 1. The van der Waals surface area contributed by atoms with Crippen LogP contribution in [0.1, 0.15) is 11.1 Å². The van der Waals surface area contributed by atoms with E-state index in [0.29, 0.717) is 15.8 Å². The lowest BCUT2D eigenvalue weighted by Gasteiger charge is -2.06. The molecule has 0 spiro atoms. The van der Waals surface area contributed by atoms with Crippen LogP contribution in [-0.2, 0) is 9.53 Å². The number of ether oxygens (including phenoxy) is 2. The highest BCUT2D eigenvalue weighted by molar-refractivity contribution is 9.10. The second-order valence-electron chi connectivity index (χ2n) is 4.83. The molecule has 0 saturated heterocycles.